The van der Waals surface area contributed by atoms with Gasteiger partial charge in [-0.2, -0.15) is 0 Å². The van der Waals surface area contributed by atoms with Crippen LogP contribution < -0.4 is 21.7 Å². The Morgan fingerprint density at radius 3 is 2.93 bits per heavy atom. The lowest BCUT2D eigenvalue weighted by Gasteiger charge is -2.10. The first kappa shape index (κ1) is 20.5. The van der Waals surface area contributed by atoms with Crippen molar-refractivity contribution in [1.82, 2.24) is 20.6 Å². The summed E-state index contributed by atoms with van der Waals surface area (Å²) >= 11 is 1.51. The van der Waals surface area contributed by atoms with Crippen molar-refractivity contribution in [3.8, 4) is 0 Å². The molecule has 0 fully saturated rings. The van der Waals surface area contributed by atoms with Crippen LogP contribution in [-0.4, -0.2) is 53.2 Å². The van der Waals surface area contributed by atoms with Crippen molar-refractivity contribution < 1.29 is 5.11 Å². The van der Waals surface area contributed by atoms with Crippen LogP contribution in [-0.2, 0) is 0 Å². The highest BCUT2D eigenvalue weighted by atomic mass is 32.2. The summed E-state index contributed by atoms with van der Waals surface area (Å²) in [6.07, 6.45) is 7.89. The van der Waals surface area contributed by atoms with Gasteiger partial charge in [-0.25, -0.2) is 9.97 Å². The lowest BCUT2D eigenvalue weighted by molar-refractivity contribution is 0.298. The number of anilines is 2. The van der Waals surface area contributed by atoms with Crippen molar-refractivity contribution in [2.24, 2.45) is 0 Å². The minimum Gasteiger partial charge on any atom is -0.395 e. The molecule has 0 bridgehead atoms. The monoisotopic (exact) mass is 388 g/mol. The molecule has 1 aliphatic rings. The average molecular weight is 389 g/mol. The Morgan fingerprint density at radius 1 is 1.41 bits per heavy atom. The van der Waals surface area contributed by atoms with E-state index in [1.807, 2.05) is 13.1 Å². The minimum absolute atomic E-state index is 0.00596. The largest absolute Gasteiger partial charge is 0.395 e. The topological polar surface area (TPSA) is 156 Å². The molecule has 9 nitrogen and oxygen atoms in total. The van der Waals surface area contributed by atoms with Gasteiger partial charge in [-0.05, 0) is 13.0 Å². The maximum absolute atomic E-state index is 8.83. The number of hydrogen-bond donors (Lipinski definition) is 7. The van der Waals surface area contributed by atoms with E-state index in [4.69, 9.17) is 21.7 Å². The Bertz CT molecular complexity index is 787. The van der Waals surface area contributed by atoms with Crippen LogP contribution in [0, 0.1) is 10.8 Å². The number of allylic oxidation sites excluding steroid dienone is 3. The van der Waals surface area contributed by atoms with Crippen molar-refractivity contribution in [1.29, 1.82) is 10.8 Å². The van der Waals surface area contributed by atoms with Crippen LogP contribution in [0.3, 0.4) is 0 Å². The van der Waals surface area contributed by atoms with E-state index in [-0.39, 0.29) is 12.4 Å². The molecule has 0 atom stereocenters. The fourth-order valence-corrected chi connectivity index (χ4v) is 3.04. The Morgan fingerprint density at radius 2 is 2.22 bits per heavy atom. The fourth-order valence-electron chi connectivity index (χ4n) is 2.12. The van der Waals surface area contributed by atoms with Gasteiger partial charge in [0.2, 0.25) is 0 Å². The van der Waals surface area contributed by atoms with Crippen LogP contribution in [0.4, 0.5) is 11.6 Å². The van der Waals surface area contributed by atoms with Gasteiger partial charge in [-0.15, -0.1) is 0 Å². The molecule has 2 heterocycles. The van der Waals surface area contributed by atoms with E-state index >= 15 is 0 Å². The molecule has 1 aromatic heterocycles. The molecule has 0 amide bonds. The number of aliphatic hydroxyl groups is 1. The van der Waals surface area contributed by atoms with Crippen LogP contribution in [0.25, 0.3) is 5.57 Å². The van der Waals surface area contributed by atoms with Crippen molar-refractivity contribution in [2.45, 2.75) is 6.92 Å². The van der Waals surface area contributed by atoms with Crippen LogP contribution >= 0.6 is 11.8 Å². The van der Waals surface area contributed by atoms with Gasteiger partial charge in [0.05, 0.1) is 29.1 Å². The predicted molar refractivity (Wildman–Crippen MR) is 112 cm³/mol. The maximum Gasteiger partial charge on any atom is 0.169 e. The van der Waals surface area contributed by atoms with Gasteiger partial charge in [0.15, 0.2) is 11.6 Å². The van der Waals surface area contributed by atoms with E-state index in [1.165, 1.54) is 18.0 Å². The standard InChI is InChI=1S/C17H24N8OS/c1-2-21-10-15-13(19)5-12(27-15)8-24-17-16(20)23-9-14(25-17)11(6-18)7-22-3-4-26/h5-7,9-10,18-19,21-22,26H,2-4,8H2,1H3,(H2,20,23)(H,24,25)/b11-7+,15-10+,18-6?,19-13?. The molecule has 8 N–H and O–H groups in total. The number of nitrogens with one attached hydrogen (secondary N) is 5. The van der Waals surface area contributed by atoms with Crippen molar-refractivity contribution in [3.63, 3.8) is 0 Å². The Labute approximate surface area is 162 Å². The summed E-state index contributed by atoms with van der Waals surface area (Å²) in [7, 11) is 0. The molecule has 0 aliphatic carbocycles. The highest BCUT2D eigenvalue weighted by Gasteiger charge is 2.17. The molecule has 1 aromatic rings. The third-order valence-corrected chi connectivity index (χ3v) is 4.53. The van der Waals surface area contributed by atoms with Crippen LogP contribution in [0.1, 0.15) is 12.6 Å². The van der Waals surface area contributed by atoms with E-state index in [1.54, 1.807) is 12.3 Å². The molecule has 0 radical (unpaired) electrons. The molecular formula is C17H24N8OS. The summed E-state index contributed by atoms with van der Waals surface area (Å²) in [5.74, 6) is 0.674. The van der Waals surface area contributed by atoms with E-state index in [2.05, 4.69) is 25.9 Å². The Balaban J connectivity index is 2.07. The Kier molecular flexibility index (Phi) is 7.83. The second-order valence-corrected chi connectivity index (χ2v) is 6.63. The first-order valence-electron chi connectivity index (χ1n) is 8.41. The number of nitrogens with two attached hydrogens (primary N) is 1. The summed E-state index contributed by atoms with van der Waals surface area (Å²) in [4.78, 5) is 10.4. The lowest BCUT2D eigenvalue weighted by atomic mass is 10.2. The lowest BCUT2D eigenvalue weighted by Crippen LogP contribution is -2.13. The third kappa shape index (κ3) is 5.83. The molecule has 0 unspecified atom stereocenters. The molecule has 27 heavy (non-hydrogen) atoms. The SMILES string of the molecule is CCN/C=C1/SC(CNc2nc(/C(C=N)=C/NCCO)cnc2N)=CC1=N. The molecule has 2 rings (SSSR count). The molecule has 144 valence electrons. The molecule has 10 heteroatoms. The molecule has 0 saturated carbocycles. The van der Waals surface area contributed by atoms with Crippen molar-refractivity contribution in [2.75, 3.05) is 37.3 Å². The van der Waals surface area contributed by atoms with Gasteiger partial charge < -0.3 is 32.2 Å². The maximum atomic E-state index is 8.83. The number of nitrogens with zero attached hydrogens (tertiary/aromatic N) is 2. The highest BCUT2D eigenvalue weighted by molar-refractivity contribution is 8.08. The second kappa shape index (κ2) is 10.3. The molecule has 1 aliphatic heterocycles. The van der Waals surface area contributed by atoms with Gasteiger partial charge >= 0.3 is 0 Å². The van der Waals surface area contributed by atoms with E-state index in [0.29, 0.717) is 35.9 Å². The number of thioether (sulfide) groups is 1. The summed E-state index contributed by atoms with van der Waals surface area (Å²) in [5, 5.41) is 33.5. The van der Waals surface area contributed by atoms with Crippen molar-refractivity contribution in [3.05, 3.63) is 40.2 Å². The first-order chi connectivity index (χ1) is 13.1. The van der Waals surface area contributed by atoms with Crippen LogP contribution in [0.5, 0.6) is 0 Å². The van der Waals surface area contributed by atoms with E-state index < -0.39 is 0 Å². The van der Waals surface area contributed by atoms with E-state index in [0.717, 1.165) is 22.6 Å². The molecular weight excluding hydrogens is 364 g/mol. The smallest absolute Gasteiger partial charge is 0.169 e. The molecule has 0 saturated heterocycles. The number of nitrogen functional groups attached to an aromatic ring is 1. The van der Waals surface area contributed by atoms with Gasteiger partial charge in [0, 0.05) is 48.7 Å². The normalized spacial score (nSPS) is 15.6. The summed E-state index contributed by atoms with van der Waals surface area (Å²) in [6.45, 7) is 3.64. The van der Waals surface area contributed by atoms with E-state index in [9.17, 15) is 0 Å². The van der Waals surface area contributed by atoms with Gasteiger partial charge in [-0.3, -0.25) is 5.41 Å². The number of aliphatic hydroxyl groups excluding tert-OH is 1. The Hall–Kier alpha value is -2.85. The summed E-state index contributed by atoms with van der Waals surface area (Å²) in [6, 6.07) is 0. The van der Waals surface area contributed by atoms with Gasteiger partial charge in [0.25, 0.3) is 0 Å². The highest BCUT2D eigenvalue weighted by Crippen LogP contribution is 2.33. The predicted octanol–water partition coefficient (Wildman–Crippen LogP) is 1.14. The van der Waals surface area contributed by atoms with Gasteiger partial charge in [-0.1, -0.05) is 11.8 Å². The summed E-state index contributed by atoms with van der Waals surface area (Å²) < 4.78 is 0. The zero-order valence-corrected chi connectivity index (χ0v) is 15.9. The quantitative estimate of drug-likeness (QED) is 0.232. The third-order valence-electron chi connectivity index (χ3n) is 3.44. The van der Waals surface area contributed by atoms with Gasteiger partial charge in [0.1, 0.15) is 0 Å². The van der Waals surface area contributed by atoms with Crippen LogP contribution in [0.2, 0.25) is 0 Å². The number of rotatable bonds is 10. The van der Waals surface area contributed by atoms with Crippen molar-refractivity contribution >= 4 is 40.9 Å². The zero-order chi connectivity index (χ0) is 19.6. The minimum atomic E-state index is -0.00596. The summed E-state index contributed by atoms with van der Waals surface area (Å²) in [5.41, 5.74) is 7.38. The average Bonchev–Trinajstić information content (AvgIpc) is 3.03. The zero-order valence-electron chi connectivity index (χ0n) is 15.0. The molecule has 0 aromatic carbocycles. The molecule has 0 spiro atoms. The number of hydrogen-bond acceptors (Lipinski definition) is 10. The first-order valence-corrected chi connectivity index (χ1v) is 9.23. The van der Waals surface area contributed by atoms with Crippen LogP contribution in [0.15, 0.2) is 34.5 Å². The number of aromatic nitrogens is 2. The second-order valence-electron chi connectivity index (χ2n) is 5.46. The fraction of sp³-hybridized carbons (Fsp3) is 0.294.